The second-order valence-electron chi connectivity index (χ2n) is 8.11. The molecule has 1 aromatic carbocycles. The number of carbonyl (C=O) groups is 3. The quantitative estimate of drug-likeness (QED) is 0.111. The van der Waals surface area contributed by atoms with E-state index < -0.39 is 45.0 Å². The van der Waals surface area contributed by atoms with Crippen molar-refractivity contribution in [1.29, 1.82) is 0 Å². The molecular weight excluding hydrogens is 502 g/mol. The summed E-state index contributed by atoms with van der Waals surface area (Å²) in [5, 5.41) is 13.5. The minimum absolute atomic E-state index is 0.0811. The number of non-ortho nitro benzene ring substituents is 1. The summed E-state index contributed by atoms with van der Waals surface area (Å²) in [5.41, 5.74) is 0.515. The number of ether oxygens (including phenoxy) is 1. The molecule has 3 rings (SSSR count). The van der Waals surface area contributed by atoms with E-state index in [9.17, 15) is 32.9 Å². The van der Waals surface area contributed by atoms with Crippen molar-refractivity contribution < 1.29 is 36.6 Å². The molecule has 0 bridgehead atoms. The number of nitrogens with zero attached hydrogens (tertiary/aromatic N) is 2. The average Bonchev–Trinajstić information content (AvgIpc) is 3.08. The largest absolute Gasteiger partial charge is 0.456 e. The van der Waals surface area contributed by atoms with Gasteiger partial charge in [-0.2, -0.15) is 8.42 Å². The number of rotatable bonds is 11. The number of hydrogen-bond acceptors (Lipinski definition) is 10. The van der Waals surface area contributed by atoms with Gasteiger partial charge in [0.1, 0.15) is 12.3 Å². The number of carbonyl (C=O) groups excluding carboxylic acids is 3. The molecule has 0 aromatic heterocycles. The monoisotopic (exact) mass is 527 g/mol. The SMILES string of the molecule is CC(=O)NCCSC1=C(C(=O)OCc2ccc([N+](=O)[O-])cc2)N2C(=O)[C@H]([C@H](C)OS(C)(=O)=O)[C@H]2C1. The Morgan fingerprint density at radius 1 is 1.31 bits per heavy atom. The van der Waals surface area contributed by atoms with Crippen molar-refractivity contribution in [3.63, 3.8) is 0 Å². The lowest BCUT2D eigenvalue weighted by Gasteiger charge is -2.45. The van der Waals surface area contributed by atoms with Crippen LogP contribution in [0.2, 0.25) is 0 Å². The van der Waals surface area contributed by atoms with Gasteiger partial charge in [0.25, 0.3) is 15.8 Å². The van der Waals surface area contributed by atoms with Crippen LogP contribution >= 0.6 is 11.8 Å². The first kappa shape index (κ1) is 26.6. The van der Waals surface area contributed by atoms with Gasteiger partial charge in [-0.25, -0.2) is 4.79 Å². The van der Waals surface area contributed by atoms with Gasteiger partial charge in [0.15, 0.2) is 0 Å². The van der Waals surface area contributed by atoms with E-state index in [4.69, 9.17) is 8.92 Å². The molecule has 2 amide bonds. The van der Waals surface area contributed by atoms with Gasteiger partial charge in [0.05, 0.1) is 29.2 Å². The molecule has 1 aromatic rings. The molecule has 2 aliphatic heterocycles. The van der Waals surface area contributed by atoms with Crippen LogP contribution in [0.25, 0.3) is 0 Å². The molecule has 1 saturated heterocycles. The minimum atomic E-state index is -3.78. The number of benzene rings is 1. The van der Waals surface area contributed by atoms with Crippen LogP contribution in [0, 0.1) is 16.0 Å². The number of β-lactam (4-membered cyclic amide) rings is 1. The predicted octanol–water partition coefficient (Wildman–Crippen LogP) is 1.31. The molecule has 2 heterocycles. The lowest BCUT2D eigenvalue weighted by atomic mass is 9.83. The summed E-state index contributed by atoms with van der Waals surface area (Å²) in [6.07, 6.45) is 0.321. The van der Waals surface area contributed by atoms with Crippen LogP contribution in [0.4, 0.5) is 5.69 Å². The Morgan fingerprint density at radius 2 is 1.97 bits per heavy atom. The number of amides is 2. The Balaban J connectivity index is 1.74. The summed E-state index contributed by atoms with van der Waals surface area (Å²) in [7, 11) is -3.78. The van der Waals surface area contributed by atoms with Crippen LogP contribution < -0.4 is 5.32 Å². The maximum atomic E-state index is 13.0. The Labute approximate surface area is 206 Å². The second kappa shape index (κ2) is 10.7. The minimum Gasteiger partial charge on any atom is -0.456 e. The maximum absolute atomic E-state index is 13.0. The summed E-state index contributed by atoms with van der Waals surface area (Å²) in [4.78, 5) is 49.2. The number of nitro benzene ring substituents is 1. The first-order chi connectivity index (χ1) is 16.4. The highest BCUT2D eigenvalue weighted by Gasteiger charge is 2.58. The maximum Gasteiger partial charge on any atom is 0.356 e. The molecule has 0 radical (unpaired) electrons. The summed E-state index contributed by atoms with van der Waals surface area (Å²) >= 11 is 1.30. The molecule has 3 atom stereocenters. The van der Waals surface area contributed by atoms with Gasteiger partial charge >= 0.3 is 5.97 Å². The smallest absolute Gasteiger partial charge is 0.356 e. The molecule has 14 heteroatoms. The van der Waals surface area contributed by atoms with Crippen molar-refractivity contribution in [1.82, 2.24) is 10.2 Å². The molecule has 0 spiro atoms. The van der Waals surface area contributed by atoms with E-state index in [1.807, 2.05) is 0 Å². The van der Waals surface area contributed by atoms with Gasteiger partial charge in [-0.1, -0.05) is 0 Å². The fraction of sp³-hybridized carbons (Fsp3) is 0.476. The number of nitrogens with one attached hydrogen (secondary N) is 1. The van der Waals surface area contributed by atoms with Crippen molar-refractivity contribution in [2.45, 2.75) is 39.0 Å². The normalized spacial score (nSPS) is 20.2. The van der Waals surface area contributed by atoms with E-state index in [1.165, 1.54) is 54.8 Å². The number of fused-ring (bicyclic) bond motifs is 1. The molecular formula is C21H25N3O9S2. The van der Waals surface area contributed by atoms with Crippen LogP contribution in [0.15, 0.2) is 34.9 Å². The Kier molecular flexibility index (Phi) is 8.18. The third-order valence-electron chi connectivity index (χ3n) is 5.46. The number of thioether (sulfide) groups is 1. The van der Waals surface area contributed by atoms with E-state index in [1.54, 1.807) is 0 Å². The lowest BCUT2D eigenvalue weighted by Crippen LogP contribution is -2.62. The molecule has 12 nitrogen and oxygen atoms in total. The highest BCUT2D eigenvalue weighted by Crippen LogP contribution is 2.47. The van der Waals surface area contributed by atoms with Crippen molar-refractivity contribution in [2.24, 2.45) is 5.92 Å². The third kappa shape index (κ3) is 6.38. The molecule has 1 N–H and O–H groups in total. The summed E-state index contributed by atoms with van der Waals surface area (Å²) < 4.78 is 33.4. The van der Waals surface area contributed by atoms with Crippen LogP contribution in [0.1, 0.15) is 25.8 Å². The molecule has 2 aliphatic rings. The Bertz CT molecular complexity index is 1160. The van der Waals surface area contributed by atoms with Gasteiger partial charge in [-0.3, -0.25) is 23.9 Å². The van der Waals surface area contributed by atoms with Gasteiger partial charge in [0.2, 0.25) is 11.8 Å². The van der Waals surface area contributed by atoms with E-state index in [-0.39, 0.29) is 23.9 Å². The zero-order valence-corrected chi connectivity index (χ0v) is 20.9. The Hall–Kier alpha value is -2.97. The molecule has 0 unspecified atom stereocenters. The first-order valence-electron chi connectivity index (χ1n) is 10.6. The second-order valence-corrected chi connectivity index (χ2v) is 10.9. The third-order valence-corrected chi connectivity index (χ3v) is 7.23. The summed E-state index contributed by atoms with van der Waals surface area (Å²) in [6, 6.07) is 5.07. The molecule has 190 valence electrons. The zero-order chi connectivity index (χ0) is 25.9. The number of esters is 1. The van der Waals surface area contributed by atoms with Crippen molar-refractivity contribution in [3.05, 3.63) is 50.5 Å². The van der Waals surface area contributed by atoms with Crippen molar-refractivity contribution in [3.8, 4) is 0 Å². The van der Waals surface area contributed by atoms with Crippen LogP contribution in [-0.2, 0) is 40.0 Å². The van der Waals surface area contributed by atoms with Crippen LogP contribution in [-0.4, -0.2) is 66.7 Å². The van der Waals surface area contributed by atoms with E-state index in [0.717, 1.165) is 6.26 Å². The predicted molar refractivity (Wildman–Crippen MR) is 125 cm³/mol. The molecule has 0 aliphatic carbocycles. The molecule has 35 heavy (non-hydrogen) atoms. The van der Waals surface area contributed by atoms with Gasteiger partial charge in [-0.05, 0) is 24.6 Å². The summed E-state index contributed by atoms with van der Waals surface area (Å²) in [5.74, 6) is -1.67. The Morgan fingerprint density at radius 3 is 2.54 bits per heavy atom. The summed E-state index contributed by atoms with van der Waals surface area (Å²) in [6.45, 7) is 3.08. The van der Waals surface area contributed by atoms with Crippen LogP contribution in [0.5, 0.6) is 0 Å². The van der Waals surface area contributed by atoms with E-state index in [0.29, 0.717) is 29.2 Å². The van der Waals surface area contributed by atoms with Gasteiger partial charge in [-0.15, -0.1) is 11.8 Å². The van der Waals surface area contributed by atoms with Gasteiger partial charge < -0.3 is 15.0 Å². The zero-order valence-electron chi connectivity index (χ0n) is 19.3. The standard InChI is InChI=1S/C21H25N3O9S2/c1-12(33-35(3,30)31)18-16-10-17(34-9-8-22-13(2)25)19(23(16)20(18)26)21(27)32-11-14-4-6-15(7-5-14)24(28)29/h4-7,12,16,18H,8-11H2,1-3H3,(H,22,25)/t12-,16+,18+/m0/s1. The number of nitro groups is 1. The fourth-order valence-electron chi connectivity index (χ4n) is 4.00. The fourth-order valence-corrected chi connectivity index (χ4v) is 5.73. The number of hydrogen-bond donors (Lipinski definition) is 1. The highest BCUT2D eigenvalue weighted by molar-refractivity contribution is 8.03. The van der Waals surface area contributed by atoms with Gasteiger partial charge in [0, 0.05) is 42.7 Å². The van der Waals surface area contributed by atoms with Crippen LogP contribution in [0.3, 0.4) is 0 Å². The lowest BCUT2D eigenvalue weighted by molar-refractivity contribution is -0.384. The van der Waals surface area contributed by atoms with E-state index >= 15 is 0 Å². The topological polar surface area (TPSA) is 162 Å². The molecule has 0 saturated carbocycles. The average molecular weight is 528 g/mol. The first-order valence-corrected chi connectivity index (χ1v) is 13.4. The molecule has 1 fully saturated rings. The van der Waals surface area contributed by atoms with Crippen molar-refractivity contribution in [2.75, 3.05) is 18.6 Å². The van der Waals surface area contributed by atoms with Crippen molar-refractivity contribution >= 4 is 45.4 Å². The highest BCUT2D eigenvalue weighted by atomic mass is 32.2. The van der Waals surface area contributed by atoms with E-state index in [2.05, 4.69) is 5.32 Å².